The lowest BCUT2D eigenvalue weighted by Crippen LogP contribution is -2.26. The topological polar surface area (TPSA) is 55.0 Å². The predicted molar refractivity (Wildman–Crippen MR) is 71.2 cm³/mol. The van der Waals surface area contributed by atoms with Crippen molar-refractivity contribution in [3.63, 3.8) is 0 Å². The molecule has 0 bridgehead atoms. The molecular formula is C13H22N4. The molecule has 0 amide bonds. The molecule has 0 atom stereocenters. The average molecular weight is 234 g/mol. The van der Waals surface area contributed by atoms with Crippen LogP contribution in [0.2, 0.25) is 0 Å². The number of aromatic nitrogens is 2. The van der Waals surface area contributed by atoms with Crippen molar-refractivity contribution in [1.29, 1.82) is 0 Å². The van der Waals surface area contributed by atoms with Gasteiger partial charge in [-0.1, -0.05) is 13.8 Å². The van der Waals surface area contributed by atoms with E-state index >= 15 is 0 Å². The lowest BCUT2D eigenvalue weighted by molar-refractivity contribution is 0.727. The van der Waals surface area contributed by atoms with E-state index in [1.807, 2.05) is 6.07 Å². The van der Waals surface area contributed by atoms with Crippen molar-refractivity contribution < 1.29 is 0 Å². The van der Waals surface area contributed by atoms with Gasteiger partial charge in [-0.3, -0.25) is 0 Å². The number of anilines is 2. The van der Waals surface area contributed by atoms with E-state index in [-0.39, 0.29) is 0 Å². The van der Waals surface area contributed by atoms with Crippen molar-refractivity contribution in [2.45, 2.75) is 45.4 Å². The maximum absolute atomic E-state index is 5.88. The fourth-order valence-corrected chi connectivity index (χ4v) is 2.04. The van der Waals surface area contributed by atoms with Crippen LogP contribution in [0.1, 0.15) is 51.3 Å². The van der Waals surface area contributed by atoms with E-state index in [9.17, 15) is 0 Å². The highest BCUT2D eigenvalue weighted by molar-refractivity contribution is 5.47. The van der Waals surface area contributed by atoms with Gasteiger partial charge < -0.3 is 10.6 Å². The van der Waals surface area contributed by atoms with E-state index < -0.39 is 0 Å². The third-order valence-electron chi connectivity index (χ3n) is 3.00. The number of nitrogen functional groups attached to an aromatic ring is 1. The van der Waals surface area contributed by atoms with Gasteiger partial charge in [0.1, 0.15) is 17.5 Å². The summed E-state index contributed by atoms with van der Waals surface area (Å²) >= 11 is 0. The zero-order valence-electron chi connectivity index (χ0n) is 10.8. The van der Waals surface area contributed by atoms with Crippen LogP contribution in [0.25, 0.3) is 0 Å². The number of rotatable bonds is 6. The highest BCUT2D eigenvalue weighted by Gasteiger charge is 2.27. The Morgan fingerprint density at radius 2 is 1.88 bits per heavy atom. The van der Waals surface area contributed by atoms with E-state index in [4.69, 9.17) is 5.73 Å². The number of nitrogens with zero attached hydrogens (tertiary/aromatic N) is 3. The van der Waals surface area contributed by atoms with Gasteiger partial charge in [-0.2, -0.15) is 0 Å². The molecule has 1 saturated carbocycles. The monoisotopic (exact) mass is 234 g/mol. The minimum Gasteiger partial charge on any atom is -0.384 e. The number of hydrogen-bond acceptors (Lipinski definition) is 4. The van der Waals surface area contributed by atoms with Crippen molar-refractivity contribution in [1.82, 2.24) is 9.97 Å². The van der Waals surface area contributed by atoms with Crippen LogP contribution in [0.4, 0.5) is 11.6 Å². The van der Waals surface area contributed by atoms with Gasteiger partial charge >= 0.3 is 0 Å². The summed E-state index contributed by atoms with van der Waals surface area (Å²) in [5.41, 5.74) is 5.88. The van der Waals surface area contributed by atoms with Crippen molar-refractivity contribution in [2.24, 2.45) is 0 Å². The first-order chi connectivity index (χ1) is 8.24. The molecule has 1 aromatic rings. The molecule has 1 heterocycles. The van der Waals surface area contributed by atoms with Gasteiger partial charge in [0.15, 0.2) is 0 Å². The molecule has 1 aliphatic rings. The second-order valence-electron chi connectivity index (χ2n) is 4.77. The highest BCUT2D eigenvalue weighted by atomic mass is 15.2. The number of nitrogens with two attached hydrogens (primary N) is 1. The van der Waals surface area contributed by atoms with Crippen LogP contribution in [0.5, 0.6) is 0 Å². The van der Waals surface area contributed by atoms with Crippen LogP contribution < -0.4 is 10.6 Å². The summed E-state index contributed by atoms with van der Waals surface area (Å²) < 4.78 is 0. The molecule has 94 valence electrons. The second kappa shape index (κ2) is 5.34. The number of hydrogen-bond donors (Lipinski definition) is 1. The molecule has 0 radical (unpaired) electrons. The van der Waals surface area contributed by atoms with Crippen molar-refractivity contribution in [3.8, 4) is 0 Å². The Morgan fingerprint density at radius 1 is 1.24 bits per heavy atom. The van der Waals surface area contributed by atoms with Gasteiger partial charge in [0.25, 0.3) is 0 Å². The van der Waals surface area contributed by atoms with Gasteiger partial charge in [-0.15, -0.1) is 0 Å². The zero-order chi connectivity index (χ0) is 12.3. The maximum Gasteiger partial charge on any atom is 0.136 e. The zero-order valence-corrected chi connectivity index (χ0v) is 10.8. The maximum atomic E-state index is 5.88. The molecular weight excluding hydrogens is 212 g/mol. The lowest BCUT2D eigenvalue weighted by Gasteiger charge is -2.23. The average Bonchev–Trinajstić information content (AvgIpc) is 3.12. The molecule has 0 spiro atoms. The highest BCUT2D eigenvalue weighted by Crippen LogP contribution is 2.38. The van der Waals surface area contributed by atoms with Crippen LogP contribution in [0.3, 0.4) is 0 Å². The molecule has 1 aromatic heterocycles. The Hall–Kier alpha value is -1.32. The molecule has 17 heavy (non-hydrogen) atoms. The fraction of sp³-hybridized carbons (Fsp3) is 0.692. The predicted octanol–water partition coefficient (Wildman–Crippen LogP) is 2.56. The minimum atomic E-state index is 0.558. The SMILES string of the molecule is CCCN(CCC)c1cc(N)nc(C2CC2)n1. The van der Waals surface area contributed by atoms with Crippen molar-refractivity contribution in [3.05, 3.63) is 11.9 Å². The molecule has 0 saturated heterocycles. The van der Waals surface area contributed by atoms with Crippen molar-refractivity contribution >= 4 is 11.6 Å². The standard InChI is InChI=1S/C13H22N4/c1-3-7-17(8-4-2)12-9-11(14)15-13(16-12)10-5-6-10/h9-10H,3-8H2,1-2H3,(H2,14,15,16). The van der Waals surface area contributed by atoms with Gasteiger partial charge in [-0.25, -0.2) is 9.97 Å². The Morgan fingerprint density at radius 3 is 2.41 bits per heavy atom. The molecule has 4 nitrogen and oxygen atoms in total. The molecule has 0 aromatic carbocycles. The van der Waals surface area contributed by atoms with Crippen LogP contribution in [0.15, 0.2) is 6.07 Å². The van der Waals surface area contributed by atoms with Crippen LogP contribution in [0, 0.1) is 0 Å². The van der Waals surface area contributed by atoms with E-state index in [0.29, 0.717) is 11.7 Å². The normalized spacial score (nSPS) is 14.9. The fourth-order valence-electron chi connectivity index (χ4n) is 2.04. The minimum absolute atomic E-state index is 0.558. The molecule has 1 fully saturated rings. The van der Waals surface area contributed by atoms with Crippen LogP contribution >= 0.6 is 0 Å². The first-order valence-corrected chi connectivity index (χ1v) is 6.64. The first-order valence-electron chi connectivity index (χ1n) is 6.64. The third kappa shape index (κ3) is 3.08. The first kappa shape index (κ1) is 12.1. The molecule has 2 rings (SSSR count). The Balaban J connectivity index is 2.21. The van der Waals surface area contributed by atoms with Gasteiger partial charge in [0.05, 0.1) is 0 Å². The van der Waals surface area contributed by atoms with E-state index in [1.54, 1.807) is 0 Å². The smallest absolute Gasteiger partial charge is 0.136 e. The van der Waals surface area contributed by atoms with Crippen molar-refractivity contribution in [2.75, 3.05) is 23.7 Å². The van der Waals surface area contributed by atoms with E-state index in [0.717, 1.165) is 37.6 Å². The Kier molecular flexibility index (Phi) is 3.82. The summed E-state index contributed by atoms with van der Waals surface area (Å²) in [5, 5.41) is 0. The largest absolute Gasteiger partial charge is 0.384 e. The summed E-state index contributed by atoms with van der Waals surface area (Å²) in [4.78, 5) is 11.3. The quantitative estimate of drug-likeness (QED) is 0.822. The van der Waals surface area contributed by atoms with E-state index in [1.165, 1.54) is 12.8 Å². The Bertz CT molecular complexity index is 368. The summed E-state index contributed by atoms with van der Waals surface area (Å²) in [6, 6.07) is 1.90. The second-order valence-corrected chi connectivity index (χ2v) is 4.77. The third-order valence-corrected chi connectivity index (χ3v) is 3.00. The van der Waals surface area contributed by atoms with E-state index in [2.05, 4.69) is 28.7 Å². The summed E-state index contributed by atoms with van der Waals surface area (Å²) in [6.45, 7) is 6.45. The summed E-state index contributed by atoms with van der Waals surface area (Å²) in [6.07, 6.45) is 4.68. The van der Waals surface area contributed by atoms with Crippen LogP contribution in [-0.2, 0) is 0 Å². The Labute approximate surface area is 103 Å². The van der Waals surface area contributed by atoms with Gasteiger partial charge in [0.2, 0.25) is 0 Å². The molecule has 1 aliphatic carbocycles. The van der Waals surface area contributed by atoms with Gasteiger partial charge in [-0.05, 0) is 25.7 Å². The molecule has 4 heteroatoms. The lowest BCUT2D eigenvalue weighted by atomic mass is 10.3. The van der Waals surface area contributed by atoms with Crippen LogP contribution in [-0.4, -0.2) is 23.1 Å². The molecule has 0 aliphatic heterocycles. The van der Waals surface area contributed by atoms with Gasteiger partial charge in [0, 0.05) is 25.1 Å². The summed E-state index contributed by atoms with van der Waals surface area (Å²) in [7, 11) is 0. The summed E-state index contributed by atoms with van der Waals surface area (Å²) in [5.74, 6) is 3.11. The molecule has 0 unspecified atom stereocenters. The molecule has 2 N–H and O–H groups in total.